The van der Waals surface area contributed by atoms with E-state index >= 15 is 0 Å². The van der Waals surface area contributed by atoms with Crippen molar-refractivity contribution < 1.29 is 29.0 Å². The largest absolute Gasteiger partial charge is 0.548 e. The molecule has 168 valence electrons. The highest BCUT2D eigenvalue weighted by molar-refractivity contribution is 5.95. The number of carboxylic acid groups (broad SMARTS) is 1. The highest BCUT2D eigenvalue weighted by Gasteiger charge is 2.38. The van der Waals surface area contributed by atoms with Crippen LogP contribution in [0.25, 0.3) is 0 Å². The molecule has 0 aliphatic carbocycles. The molecule has 1 heterocycles. The quantitative estimate of drug-likeness (QED) is 0.624. The molecule has 32 heavy (non-hydrogen) atoms. The van der Waals surface area contributed by atoms with Crippen LogP contribution < -0.4 is 15.7 Å². The molecule has 2 aromatic carbocycles. The fraction of sp³-hybridized carbons (Fsp3) is 0.304. The van der Waals surface area contributed by atoms with E-state index in [1.807, 2.05) is 30.3 Å². The Morgan fingerprint density at radius 1 is 1.09 bits per heavy atom. The van der Waals surface area contributed by atoms with Crippen LogP contribution in [0.15, 0.2) is 54.6 Å². The Morgan fingerprint density at radius 3 is 2.53 bits per heavy atom. The second-order valence-electron chi connectivity index (χ2n) is 7.27. The van der Waals surface area contributed by atoms with Gasteiger partial charge in [-0.25, -0.2) is 9.59 Å². The Morgan fingerprint density at radius 2 is 1.84 bits per heavy atom. The second kappa shape index (κ2) is 10.4. The van der Waals surface area contributed by atoms with Gasteiger partial charge in [-0.05, 0) is 37.1 Å². The third-order valence-corrected chi connectivity index (χ3v) is 5.22. The van der Waals surface area contributed by atoms with Crippen molar-refractivity contribution in [1.82, 2.24) is 10.2 Å². The van der Waals surface area contributed by atoms with Crippen molar-refractivity contribution in [3.8, 4) is 0 Å². The highest BCUT2D eigenvalue weighted by Crippen LogP contribution is 2.33. The van der Waals surface area contributed by atoms with Gasteiger partial charge in [0.1, 0.15) is 0 Å². The molecule has 3 amide bonds. The van der Waals surface area contributed by atoms with Crippen LogP contribution >= 0.6 is 0 Å². The summed E-state index contributed by atoms with van der Waals surface area (Å²) in [5, 5.41) is 16.7. The standard InChI is InChI=1S/C23H25N3O6/c1-2-32-22(30)16-9-6-10-17(13-16)25-23(31)24-14-19(27)26-12-11-18(20(26)21(28)29)15-7-4-3-5-8-15/h3-10,13,18,20H,2,11-12,14H2,1H3,(H,28,29)(H2,24,25,31)/p-1. The number of anilines is 1. The average Bonchev–Trinajstić information content (AvgIpc) is 3.24. The van der Waals surface area contributed by atoms with Gasteiger partial charge >= 0.3 is 12.0 Å². The fourth-order valence-corrected chi connectivity index (χ4v) is 3.78. The van der Waals surface area contributed by atoms with Crippen molar-refractivity contribution in [2.45, 2.75) is 25.3 Å². The smallest absolute Gasteiger partial charge is 0.338 e. The second-order valence-corrected chi connectivity index (χ2v) is 7.27. The molecule has 0 radical (unpaired) electrons. The number of carboxylic acids is 1. The summed E-state index contributed by atoms with van der Waals surface area (Å²) in [5.41, 5.74) is 1.45. The first-order valence-electron chi connectivity index (χ1n) is 10.3. The van der Waals surface area contributed by atoms with Gasteiger partial charge in [0.15, 0.2) is 0 Å². The maximum atomic E-state index is 12.6. The van der Waals surface area contributed by atoms with Crippen LogP contribution in [0, 0.1) is 0 Å². The highest BCUT2D eigenvalue weighted by atomic mass is 16.5. The Bertz CT molecular complexity index is 994. The summed E-state index contributed by atoms with van der Waals surface area (Å²) >= 11 is 0. The summed E-state index contributed by atoms with van der Waals surface area (Å²) in [6, 6.07) is 13.5. The van der Waals surface area contributed by atoms with E-state index in [-0.39, 0.29) is 31.2 Å². The number of benzene rings is 2. The van der Waals surface area contributed by atoms with Gasteiger partial charge < -0.3 is 30.2 Å². The Kier molecular flexibility index (Phi) is 7.43. The predicted molar refractivity (Wildman–Crippen MR) is 114 cm³/mol. The molecule has 2 aromatic rings. The van der Waals surface area contributed by atoms with E-state index in [9.17, 15) is 24.3 Å². The number of hydrogen-bond acceptors (Lipinski definition) is 6. The SMILES string of the molecule is CCOC(=O)c1cccc(NC(=O)NCC(=O)N2CCC(c3ccccc3)C2C(=O)[O-])c1. The summed E-state index contributed by atoms with van der Waals surface area (Å²) in [4.78, 5) is 49.6. The van der Waals surface area contributed by atoms with Crippen LogP contribution in [0.4, 0.5) is 10.5 Å². The molecular weight excluding hydrogens is 414 g/mol. The number of hydrogen-bond donors (Lipinski definition) is 2. The van der Waals surface area contributed by atoms with Gasteiger partial charge in [-0.1, -0.05) is 36.4 Å². The first-order chi connectivity index (χ1) is 15.4. The first-order valence-corrected chi connectivity index (χ1v) is 10.3. The number of likely N-dealkylation sites (tertiary alicyclic amines) is 1. The molecule has 2 atom stereocenters. The molecule has 2 unspecified atom stereocenters. The minimum absolute atomic E-state index is 0.230. The number of nitrogens with one attached hydrogen (secondary N) is 2. The van der Waals surface area contributed by atoms with Gasteiger partial charge in [0.25, 0.3) is 0 Å². The molecular formula is C23H24N3O6-. The number of ether oxygens (including phenoxy) is 1. The Labute approximate surface area is 185 Å². The Hall–Kier alpha value is -3.88. The van der Waals surface area contributed by atoms with Crippen LogP contribution in [0.5, 0.6) is 0 Å². The van der Waals surface area contributed by atoms with Crippen molar-refractivity contribution in [2.75, 3.05) is 25.0 Å². The van der Waals surface area contributed by atoms with E-state index in [0.717, 1.165) is 5.56 Å². The van der Waals surface area contributed by atoms with Crippen LogP contribution in [-0.2, 0) is 14.3 Å². The van der Waals surface area contributed by atoms with Gasteiger partial charge in [-0.3, -0.25) is 4.79 Å². The van der Waals surface area contributed by atoms with Crippen molar-refractivity contribution in [1.29, 1.82) is 0 Å². The number of aliphatic carboxylic acids is 1. The molecule has 9 nitrogen and oxygen atoms in total. The maximum Gasteiger partial charge on any atom is 0.338 e. The Balaban J connectivity index is 1.58. The lowest BCUT2D eigenvalue weighted by atomic mass is 9.92. The topological polar surface area (TPSA) is 128 Å². The molecule has 1 aliphatic heterocycles. The van der Waals surface area contributed by atoms with Crippen LogP contribution in [0.1, 0.15) is 35.2 Å². The summed E-state index contributed by atoms with van der Waals surface area (Å²) in [6.45, 7) is 1.79. The summed E-state index contributed by atoms with van der Waals surface area (Å²) in [5.74, 6) is -2.73. The molecule has 0 spiro atoms. The number of carbonyl (C=O) groups is 4. The predicted octanol–water partition coefficient (Wildman–Crippen LogP) is 1.12. The monoisotopic (exact) mass is 438 g/mol. The molecule has 1 aliphatic rings. The van der Waals surface area contributed by atoms with Gasteiger partial charge in [-0.15, -0.1) is 0 Å². The van der Waals surface area contributed by atoms with E-state index in [4.69, 9.17) is 4.74 Å². The third-order valence-electron chi connectivity index (χ3n) is 5.22. The van der Waals surface area contributed by atoms with Crippen molar-refractivity contribution in [2.24, 2.45) is 0 Å². The molecule has 0 bridgehead atoms. The molecule has 0 aromatic heterocycles. The number of rotatable bonds is 7. The fourth-order valence-electron chi connectivity index (χ4n) is 3.78. The normalized spacial score (nSPS) is 17.5. The number of urea groups is 1. The van der Waals surface area contributed by atoms with Crippen LogP contribution in [-0.4, -0.2) is 54.5 Å². The van der Waals surface area contributed by atoms with Gasteiger partial charge in [0, 0.05) is 18.2 Å². The average molecular weight is 438 g/mol. The minimum atomic E-state index is -1.33. The lowest BCUT2D eigenvalue weighted by molar-refractivity contribution is -0.311. The van der Waals surface area contributed by atoms with E-state index in [1.165, 1.54) is 11.0 Å². The number of nitrogens with zero attached hydrogens (tertiary/aromatic N) is 1. The van der Waals surface area contributed by atoms with E-state index in [1.54, 1.807) is 25.1 Å². The number of carbonyl (C=O) groups excluding carboxylic acids is 4. The molecule has 9 heteroatoms. The summed E-state index contributed by atoms with van der Waals surface area (Å²) in [7, 11) is 0. The molecule has 0 saturated carbocycles. The van der Waals surface area contributed by atoms with Gasteiger partial charge in [0.05, 0.1) is 30.7 Å². The molecule has 1 saturated heterocycles. The van der Waals surface area contributed by atoms with E-state index in [0.29, 0.717) is 12.1 Å². The maximum absolute atomic E-state index is 12.6. The summed E-state index contributed by atoms with van der Waals surface area (Å²) in [6.07, 6.45) is 0.487. The molecule has 3 rings (SSSR count). The first kappa shape index (κ1) is 22.8. The third kappa shape index (κ3) is 5.42. The number of esters is 1. The zero-order chi connectivity index (χ0) is 23.1. The van der Waals surface area contributed by atoms with E-state index < -0.39 is 29.9 Å². The molecule has 1 fully saturated rings. The van der Waals surface area contributed by atoms with Crippen LogP contribution in [0.2, 0.25) is 0 Å². The number of amides is 3. The van der Waals surface area contributed by atoms with E-state index in [2.05, 4.69) is 10.6 Å². The zero-order valence-corrected chi connectivity index (χ0v) is 17.6. The lowest BCUT2D eigenvalue weighted by Gasteiger charge is -2.29. The zero-order valence-electron chi connectivity index (χ0n) is 17.6. The van der Waals surface area contributed by atoms with Crippen molar-refractivity contribution in [3.63, 3.8) is 0 Å². The minimum Gasteiger partial charge on any atom is -0.548 e. The lowest BCUT2D eigenvalue weighted by Crippen LogP contribution is -2.51. The van der Waals surface area contributed by atoms with Gasteiger partial charge in [-0.2, -0.15) is 0 Å². The molecule has 2 N–H and O–H groups in total. The van der Waals surface area contributed by atoms with Gasteiger partial charge in [0.2, 0.25) is 5.91 Å². The van der Waals surface area contributed by atoms with Crippen LogP contribution in [0.3, 0.4) is 0 Å². The van der Waals surface area contributed by atoms with Crippen molar-refractivity contribution in [3.05, 3.63) is 65.7 Å². The van der Waals surface area contributed by atoms with Crippen molar-refractivity contribution >= 4 is 29.6 Å². The summed E-state index contributed by atoms with van der Waals surface area (Å²) < 4.78 is 4.92.